The molecule has 7 heteroatoms. The van der Waals surface area contributed by atoms with Crippen molar-refractivity contribution < 1.29 is 14.3 Å². The number of carbonyl (C=O) groups is 1. The normalized spacial score (nSPS) is 11.5. The van der Waals surface area contributed by atoms with Gasteiger partial charge < -0.3 is 15.2 Å². The smallest absolute Gasteiger partial charge is 0.337 e. The van der Waals surface area contributed by atoms with Crippen molar-refractivity contribution in [2.75, 3.05) is 13.7 Å². The maximum absolute atomic E-state index is 11.6. The number of thioether (sulfide) groups is 1. The number of rotatable bonds is 7. The van der Waals surface area contributed by atoms with Gasteiger partial charge in [0.15, 0.2) is 5.17 Å². The SMILES string of the molecule is CCOc1cc(C(=O)OC)ccc1C=NN=C(N)SCc1ccccc1. The number of benzene rings is 2. The zero-order valence-electron chi connectivity index (χ0n) is 14.7. The minimum atomic E-state index is -0.422. The minimum absolute atomic E-state index is 0.370. The second-order valence-corrected chi connectivity index (χ2v) is 6.13. The summed E-state index contributed by atoms with van der Waals surface area (Å²) in [6.45, 7) is 2.33. The van der Waals surface area contributed by atoms with Crippen LogP contribution in [-0.4, -0.2) is 31.1 Å². The number of methoxy groups -OCH3 is 1. The van der Waals surface area contributed by atoms with Crippen molar-refractivity contribution >= 4 is 29.1 Å². The molecular weight excluding hydrogens is 350 g/mol. The molecule has 0 radical (unpaired) electrons. The van der Waals surface area contributed by atoms with Crippen LogP contribution in [0, 0.1) is 0 Å². The summed E-state index contributed by atoms with van der Waals surface area (Å²) < 4.78 is 10.3. The van der Waals surface area contributed by atoms with Crippen LogP contribution < -0.4 is 10.5 Å². The second kappa shape index (κ2) is 10.2. The number of esters is 1. The van der Waals surface area contributed by atoms with Crippen LogP contribution in [0.1, 0.15) is 28.4 Å². The molecule has 0 heterocycles. The average Bonchev–Trinajstić information content (AvgIpc) is 2.68. The van der Waals surface area contributed by atoms with Crippen LogP contribution in [0.25, 0.3) is 0 Å². The van der Waals surface area contributed by atoms with Crippen LogP contribution in [0.5, 0.6) is 5.75 Å². The Morgan fingerprint density at radius 2 is 2.00 bits per heavy atom. The highest BCUT2D eigenvalue weighted by Gasteiger charge is 2.09. The van der Waals surface area contributed by atoms with E-state index in [0.717, 1.165) is 11.3 Å². The lowest BCUT2D eigenvalue weighted by Crippen LogP contribution is -2.06. The molecule has 0 aliphatic carbocycles. The number of nitrogens with zero attached hydrogens (tertiary/aromatic N) is 2. The van der Waals surface area contributed by atoms with E-state index in [-0.39, 0.29) is 0 Å². The predicted octanol–water partition coefficient (Wildman–Crippen LogP) is 3.45. The number of hydrogen-bond acceptors (Lipinski definition) is 6. The number of nitrogens with two attached hydrogens (primary N) is 1. The highest BCUT2D eigenvalue weighted by Crippen LogP contribution is 2.20. The lowest BCUT2D eigenvalue weighted by Gasteiger charge is -2.08. The van der Waals surface area contributed by atoms with Gasteiger partial charge in [-0.05, 0) is 30.7 Å². The fourth-order valence-corrected chi connectivity index (χ4v) is 2.69. The monoisotopic (exact) mass is 371 g/mol. The molecule has 6 nitrogen and oxygen atoms in total. The molecule has 0 aliphatic heterocycles. The second-order valence-electron chi connectivity index (χ2n) is 5.13. The molecule has 0 saturated heterocycles. The molecule has 0 bridgehead atoms. The van der Waals surface area contributed by atoms with Crippen LogP contribution >= 0.6 is 11.8 Å². The van der Waals surface area contributed by atoms with Crippen LogP contribution in [0.2, 0.25) is 0 Å². The summed E-state index contributed by atoms with van der Waals surface area (Å²) in [6.07, 6.45) is 1.54. The van der Waals surface area contributed by atoms with Crippen LogP contribution in [0.4, 0.5) is 0 Å². The Bertz CT molecular complexity index is 792. The number of carbonyl (C=O) groups excluding carboxylic acids is 1. The maximum Gasteiger partial charge on any atom is 0.337 e. The Labute approximate surface area is 157 Å². The molecule has 0 spiro atoms. The van der Waals surface area contributed by atoms with Gasteiger partial charge in [-0.3, -0.25) is 0 Å². The Morgan fingerprint density at radius 3 is 2.69 bits per heavy atom. The molecule has 2 rings (SSSR count). The van der Waals surface area contributed by atoms with Gasteiger partial charge in [-0.25, -0.2) is 4.79 Å². The van der Waals surface area contributed by atoms with Crippen molar-refractivity contribution in [3.63, 3.8) is 0 Å². The lowest BCUT2D eigenvalue weighted by molar-refractivity contribution is 0.0600. The van der Waals surface area contributed by atoms with Crippen molar-refractivity contribution in [2.24, 2.45) is 15.9 Å². The molecule has 0 aromatic heterocycles. The Morgan fingerprint density at radius 1 is 1.23 bits per heavy atom. The van der Waals surface area contributed by atoms with E-state index in [1.165, 1.54) is 18.9 Å². The molecule has 0 amide bonds. The quantitative estimate of drug-likeness (QED) is 0.349. The molecule has 26 heavy (non-hydrogen) atoms. The van der Waals surface area contributed by atoms with Crippen molar-refractivity contribution in [2.45, 2.75) is 12.7 Å². The van der Waals surface area contributed by atoms with Crippen molar-refractivity contribution in [3.8, 4) is 5.75 Å². The zero-order valence-corrected chi connectivity index (χ0v) is 15.5. The first-order chi connectivity index (χ1) is 12.6. The van der Waals surface area contributed by atoms with Gasteiger partial charge in [-0.15, -0.1) is 5.10 Å². The highest BCUT2D eigenvalue weighted by molar-refractivity contribution is 8.13. The molecule has 0 unspecified atom stereocenters. The molecule has 0 fully saturated rings. The molecule has 2 N–H and O–H groups in total. The summed E-state index contributed by atoms with van der Waals surface area (Å²) in [5.41, 5.74) is 8.14. The molecule has 0 atom stereocenters. The Kier molecular flexibility index (Phi) is 7.70. The van der Waals surface area contributed by atoms with Crippen LogP contribution in [0.15, 0.2) is 58.7 Å². The van der Waals surface area contributed by atoms with Gasteiger partial charge in [0, 0.05) is 11.3 Å². The molecule has 136 valence electrons. The van der Waals surface area contributed by atoms with Crippen LogP contribution in [-0.2, 0) is 10.5 Å². The Hall–Kier alpha value is -2.80. The summed E-state index contributed by atoms with van der Waals surface area (Å²) >= 11 is 1.41. The van der Waals surface area contributed by atoms with Gasteiger partial charge in [0.05, 0.1) is 25.5 Å². The van der Waals surface area contributed by atoms with Gasteiger partial charge in [0.1, 0.15) is 5.75 Å². The first-order valence-corrected chi connectivity index (χ1v) is 9.01. The third-order valence-electron chi connectivity index (χ3n) is 3.32. The molecular formula is C19H21N3O3S. The summed E-state index contributed by atoms with van der Waals surface area (Å²) in [4.78, 5) is 11.6. The number of hydrogen-bond donors (Lipinski definition) is 1. The van der Waals surface area contributed by atoms with E-state index in [9.17, 15) is 4.79 Å². The largest absolute Gasteiger partial charge is 0.493 e. The first-order valence-electron chi connectivity index (χ1n) is 8.02. The number of ether oxygens (including phenoxy) is 2. The summed E-state index contributed by atoms with van der Waals surface area (Å²) in [7, 11) is 1.34. The van der Waals surface area contributed by atoms with E-state index in [2.05, 4.69) is 10.2 Å². The van der Waals surface area contributed by atoms with Gasteiger partial charge in [-0.1, -0.05) is 42.1 Å². The summed E-state index contributed by atoms with van der Waals surface area (Å²) in [5, 5.41) is 8.37. The summed E-state index contributed by atoms with van der Waals surface area (Å²) in [6, 6.07) is 15.0. The predicted molar refractivity (Wildman–Crippen MR) is 106 cm³/mol. The van der Waals surface area contributed by atoms with E-state index < -0.39 is 5.97 Å². The van der Waals surface area contributed by atoms with Crippen LogP contribution in [0.3, 0.4) is 0 Å². The van der Waals surface area contributed by atoms with E-state index in [0.29, 0.717) is 28.7 Å². The molecule has 0 saturated carbocycles. The fourth-order valence-electron chi connectivity index (χ4n) is 2.07. The van der Waals surface area contributed by atoms with Crippen molar-refractivity contribution in [1.82, 2.24) is 0 Å². The van der Waals surface area contributed by atoms with E-state index in [1.807, 2.05) is 37.3 Å². The molecule has 0 aliphatic rings. The minimum Gasteiger partial charge on any atom is -0.493 e. The topological polar surface area (TPSA) is 86.3 Å². The van der Waals surface area contributed by atoms with E-state index in [1.54, 1.807) is 24.4 Å². The third kappa shape index (κ3) is 5.93. The molecule has 2 aromatic rings. The molecule has 2 aromatic carbocycles. The highest BCUT2D eigenvalue weighted by atomic mass is 32.2. The van der Waals surface area contributed by atoms with Gasteiger partial charge in [0.25, 0.3) is 0 Å². The first kappa shape index (κ1) is 19.5. The standard InChI is InChI=1S/C19H21N3O3S/c1-3-25-17-11-15(18(23)24-2)9-10-16(17)12-21-22-19(20)26-13-14-7-5-4-6-8-14/h4-12H,3,13H2,1-2H3,(H2,20,22). The van der Waals surface area contributed by atoms with Gasteiger partial charge in [-0.2, -0.15) is 5.10 Å². The lowest BCUT2D eigenvalue weighted by atomic mass is 10.1. The van der Waals surface area contributed by atoms with E-state index in [4.69, 9.17) is 15.2 Å². The Balaban J connectivity index is 2.04. The van der Waals surface area contributed by atoms with E-state index >= 15 is 0 Å². The number of amidine groups is 1. The van der Waals surface area contributed by atoms with Crippen molar-refractivity contribution in [3.05, 3.63) is 65.2 Å². The third-order valence-corrected chi connectivity index (χ3v) is 4.17. The average molecular weight is 371 g/mol. The zero-order chi connectivity index (χ0) is 18.8. The summed E-state index contributed by atoms with van der Waals surface area (Å²) in [5.74, 6) is 0.836. The maximum atomic E-state index is 11.6. The van der Waals surface area contributed by atoms with Crippen molar-refractivity contribution in [1.29, 1.82) is 0 Å². The van der Waals surface area contributed by atoms with Gasteiger partial charge >= 0.3 is 5.97 Å². The van der Waals surface area contributed by atoms with Gasteiger partial charge in [0.2, 0.25) is 0 Å². The fraction of sp³-hybridized carbons (Fsp3) is 0.211.